The summed E-state index contributed by atoms with van der Waals surface area (Å²) in [5.74, 6) is -0.0157. The van der Waals surface area contributed by atoms with E-state index in [1.807, 2.05) is 32.2 Å². The maximum Gasteiger partial charge on any atom is 0.224 e. The third-order valence-corrected chi connectivity index (χ3v) is 3.81. The van der Waals surface area contributed by atoms with Gasteiger partial charge in [-0.15, -0.1) is 0 Å². The van der Waals surface area contributed by atoms with E-state index < -0.39 is 0 Å². The van der Waals surface area contributed by atoms with Crippen LogP contribution in [0.2, 0.25) is 5.02 Å². The number of amides is 1. The highest BCUT2D eigenvalue weighted by molar-refractivity contribution is 6.31. The summed E-state index contributed by atoms with van der Waals surface area (Å²) in [4.78, 5) is 13.6. The Bertz CT molecular complexity index is 465. The molecule has 0 radical (unpaired) electrons. The molecule has 118 valence electrons. The highest BCUT2D eigenvalue weighted by Crippen LogP contribution is 2.23. The van der Waals surface area contributed by atoms with Gasteiger partial charge in [0.05, 0.1) is 5.92 Å². The summed E-state index contributed by atoms with van der Waals surface area (Å²) in [5.41, 5.74) is 2.12. The number of benzene rings is 1. The van der Waals surface area contributed by atoms with Crippen LogP contribution in [0.5, 0.6) is 0 Å². The standard InChI is InChI=1S/C16H26ClN3O/c1-5-8-19-10-13-6-7-14(9-15(13)17)20(4)11-12(2)16(21)18-3/h6-7,9,12,19H,5,8,10-11H2,1-4H3,(H,18,21). The minimum absolute atomic E-state index is 0.0494. The van der Waals surface area contributed by atoms with Crippen LogP contribution in [0.25, 0.3) is 0 Å². The lowest BCUT2D eigenvalue weighted by atomic mass is 10.1. The Hall–Kier alpha value is -1.26. The van der Waals surface area contributed by atoms with Crippen LogP contribution in [0.3, 0.4) is 0 Å². The molecule has 5 heteroatoms. The Kier molecular flexibility index (Phi) is 7.54. The van der Waals surface area contributed by atoms with Crippen LogP contribution in [0.1, 0.15) is 25.8 Å². The second-order valence-electron chi connectivity index (χ2n) is 5.35. The van der Waals surface area contributed by atoms with Gasteiger partial charge in [-0.25, -0.2) is 0 Å². The van der Waals surface area contributed by atoms with Gasteiger partial charge in [0.25, 0.3) is 0 Å². The van der Waals surface area contributed by atoms with E-state index in [-0.39, 0.29) is 11.8 Å². The van der Waals surface area contributed by atoms with Crippen LogP contribution in [-0.2, 0) is 11.3 Å². The van der Waals surface area contributed by atoms with Crippen molar-refractivity contribution in [2.24, 2.45) is 5.92 Å². The van der Waals surface area contributed by atoms with Crippen molar-refractivity contribution in [3.05, 3.63) is 28.8 Å². The Morgan fingerprint density at radius 3 is 2.71 bits per heavy atom. The molecule has 0 saturated heterocycles. The molecule has 0 saturated carbocycles. The summed E-state index contributed by atoms with van der Waals surface area (Å²) in [6.45, 7) is 6.48. The Labute approximate surface area is 132 Å². The minimum atomic E-state index is -0.0651. The molecule has 0 bridgehead atoms. The van der Waals surface area contributed by atoms with Crippen molar-refractivity contribution in [2.45, 2.75) is 26.8 Å². The molecular weight excluding hydrogens is 286 g/mol. The predicted octanol–water partition coefficient (Wildman–Crippen LogP) is 2.66. The van der Waals surface area contributed by atoms with Crippen molar-refractivity contribution in [3.8, 4) is 0 Å². The molecule has 1 amide bonds. The fourth-order valence-electron chi connectivity index (χ4n) is 2.16. The lowest BCUT2D eigenvalue weighted by Crippen LogP contribution is -2.34. The number of nitrogens with one attached hydrogen (secondary N) is 2. The molecule has 0 aromatic heterocycles. The van der Waals surface area contributed by atoms with Crippen LogP contribution in [0, 0.1) is 5.92 Å². The van der Waals surface area contributed by atoms with Crippen LogP contribution < -0.4 is 15.5 Å². The number of nitrogens with zero attached hydrogens (tertiary/aromatic N) is 1. The first kappa shape index (κ1) is 17.8. The van der Waals surface area contributed by atoms with Crippen LogP contribution >= 0.6 is 11.6 Å². The molecule has 0 spiro atoms. The predicted molar refractivity (Wildman–Crippen MR) is 90.0 cm³/mol. The zero-order valence-electron chi connectivity index (χ0n) is 13.4. The van der Waals surface area contributed by atoms with E-state index in [2.05, 4.69) is 22.5 Å². The van der Waals surface area contributed by atoms with Crippen molar-refractivity contribution in [3.63, 3.8) is 0 Å². The SMILES string of the molecule is CCCNCc1ccc(N(C)CC(C)C(=O)NC)cc1Cl. The second kappa shape index (κ2) is 8.90. The molecule has 0 aliphatic rings. The second-order valence-corrected chi connectivity index (χ2v) is 5.76. The van der Waals surface area contributed by atoms with Crippen molar-refractivity contribution in [1.29, 1.82) is 0 Å². The number of carbonyl (C=O) groups excluding carboxylic acids is 1. The Balaban J connectivity index is 2.67. The normalized spacial score (nSPS) is 12.0. The van der Waals surface area contributed by atoms with Gasteiger partial charge >= 0.3 is 0 Å². The van der Waals surface area contributed by atoms with Gasteiger partial charge in [-0.05, 0) is 30.7 Å². The summed E-state index contributed by atoms with van der Waals surface area (Å²) in [5, 5.41) is 6.78. The first-order valence-electron chi connectivity index (χ1n) is 7.41. The van der Waals surface area contributed by atoms with E-state index in [1.54, 1.807) is 7.05 Å². The van der Waals surface area contributed by atoms with E-state index in [0.717, 1.165) is 35.8 Å². The van der Waals surface area contributed by atoms with Gasteiger partial charge in [0.2, 0.25) is 5.91 Å². The molecule has 4 nitrogen and oxygen atoms in total. The molecule has 21 heavy (non-hydrogen) atoms. The smallest absolute Gasteiger partial charge is 0.224 e. The van der Waals surface area contributed by atoms with Gasteiger partial charge in [0.1, 0.15) is 0 Å². The Morgan fingerprint density at radius 2 is 2.14 bits per heavy atom. The summed E-state index contributed by atoms with van der Waals surface area (Å²) in [7, 11) is 3.63. The van der Waals surface area contributed by atoms with E-state index in [4.69, 9.17) is 11.6 Å². The first-order valence-corrected chi connectivity index (χ1v) is 7.79. The molecule has 1 aromatic rings. The van der Waals surface area contributed by atoms with Crippen molar-refractivity contribution in [1.82, 2.24) is 10.6 Å². The van der Waals surface area contributed by atoms with Gasteiger partial charge < -0.3 is 15.5 Å². The molecule has 0 aliphatic heterocycles. The highest BCUT2D eigenvalue weighted by atomic mass is 35.5. The third kappa shape index (κ3) is 5.56. The molecule has 1 unspecified atom stereocenters. The molecule has 0 heterocycles. The number of rotatable bonds is 8. The molecule has 1 atom stereocenters. The lowest BCUT2D eigenvalue weighted by molar-refractivity contribution is -0.123. The summed E-state index contributed by atoms with van der Waals surface area (Å²) in [6, 6.07) is 6.05. The lowest BCUT2D eigenvalue weighted by Gasteiger charge is -2.23. The zero-order valence-corrected chi connectivity index (χ0v) is 14.1. The number of carbonyl (C=O) groups is 1. The number of hydrogen-bond acceptors (Lipinski definition) is 3. The van der Waals surface area contributed by atoms with E-state index in [1.165, 1.54) is 0 Å². The average Bonchev–Trinajstić information content (AvgIpc) is 2.47. The molecule has 1 aromatic carbocycles. The molecule has 1 rings (SSSR count). The van der Waals surface area contributed by atoms with Gasteiger partial charge in [-0.2, -0.15) is 0 Å². The van der Waals surface area contributed by atoms with Gasteiger partial charge in [-0.3, -0.25) is 4.79 Å². The van der Waals surface area contributed by atoms with E-state index >= 15 is 0 Å². The van der Waals surface area contributed by atoms with Gasteiger partial charge in [0, 0.05) is 37.9 Å². The fraction of sp³-hybridized carbons (Fsp3) is 0.562. The number of halogens is 1. The van der Waals surface area contributed by atoms with E-state index in [0.29, 0.717) is 6.54 Å². The maximum absolute atomic E-state index is 11.6. The van der Waals surface area contributed by atoms with Crippen molar-refractivity contribution in [2.75, 3.05) is 32.1 Å². The van der Waals surface area contributed by atoms with Crippen LogP contribution in [0.4, 0.5) is 5.69 Å². The van der Waals surface area contributed by atoms with Crippen molar-refractivity contribution >= 4 is 23.2 Å². The number of anilines is 1. The highest BCUT2D eigenvalue weighted by Gasteiger charge is 2.14. The largest absolute Gasteiger partial charge is 0.374 e. The van der Waals surface area contributed by atoms with Gasteiger partial charge in [-0.1, -0.05) is 31.5 Å². The molecule has 2 N–H and O–H groups in total. The molecular formula is C16H26ClN3O. The van der Waals surface area contributed by atoms with Gasteiger partial charge in [0.15, 0.2) is 0 Å². The minimum Gasteiger partial charge on any atom is -0.374 e. The quantitative estimate of drug-likeness (QED) is 0.726. The molecule has 0 aliphatic carbocycles. The summed E-state index contributed by atoms with van der Waals surface area (Å²) >= 11 is 6.33. The van der Waals surface area contributed by atoms with Crippen molar-refractivity contribution < 1.29 is 4.79 Å². The van der Waals surface area contributed by atoms with Crippen LogP contribution in [-0.4, -0.2) is 33.1 Å². The number of hydrogen-bond donors (Lipinski definition) is 2. The maximum atomic E-state index is 11.6. The van der Waals surface area contributed by atoms with E-state index in [9.17, 15) is 4.79 Å². The third-order valence-electron chi connectivity index (χ3n) is 3.46. The average molecular weight is 312 g/mol. The summed E-state index contributed by atoms with van der Waals surface area (Å²) in [6.07, 6.45) is 1.11. The monoisotopic (exact) mass is 311 g/mol. The first-order chi connectivity index (χ1) is 9.99. The fourth-order valence-corrected chi connectivity index (χ4v) is 2.40. The molecule has 0 fully saturated rings. The topological polar surface area (TPSA) is 44.4 Å². The summed E-state index contributed by atoms with van der Waals surface area (Å²) < 4.78 is 0. The van der Waals surface area contributed by atoms with Crippen LogP contribution in [0.15, 0.2) is 18.2 Å². The zero-order chi connectivity index (χ0) is 15.8. The Morgan fingerprint density at radius 1 is 1.43 bits per heavy atom.